The normalized spacial score (nSPS) is 10.2. The molecular weight excluding hydrogens is 204 g/mol. The molecule has 0 atom stereocenters. The summed E-state index contributed by atoms with van der Waals surface area (Å²) in [6, 6.07) is 12.1. The predicted molar refractivity (Wildman–Crippen MR) is 65.9 cm³/mol. The van der Waals surface area contributed by atoms with Crippen LogP contribution in [-0.4, -0.2) is 11.2 Å². The summed E-state index contributed by atoms with van der Waals surface area (Å²) in [5.41, 5.74) is 8.02. The van der Waals surface area contributed by atoms with Gasteiger partial charge in [-0.05, 0) is 17.9 Å². The number of benzene rings is 1. The molecule has 0 bridgehead atoms. The largest absolute Gasteiger partial charge is 0.384 e. The Hall–Kier alpha value is -1.48. The Morgan fingerprint density at radius 2 is 1.93 bits per heavy atom. The van der Waals surface area contributed by atoms with Crippen LogP contribution in [0.2, 0.25) is 0 Å². The molecule has 1 heterocycles. The molecule has 0 aliphatic heterocycles. The topological polar surface area (TPSA) is 38.9 Å². The summed E-state index contributed by atoms with van der Waals surface area (Å²) >= 11 is 1.68. The molecule has 2 N–H and O–H groups in total. The highest BCUT2D eigenvalue weighted by Gasteiger charge is 2.04. The van der Waals surface area contributed by atoms with Crippen LogP contribution in [0.3, 0.4) is 0 Å². The molecule has 2 nitrogen and oxygen atoms in total. The molecule has 3 heteroatoms. The van der Waals surface area contributed by atoms with Crippen molar-refractivity contribution in [2.24, 2.45) is 0 Å². The fraction of sp³-hybridized carbons (Fsp3) is 0.0833. The summed E-state index contributed by atoms with van der Waals surface area (Å²) < 4.78 is 0. The van der Waals surface area contributed by atoms with Crippen LogP contribution in [0.5, 0.6) is 0 Å². The first kappa shape index (κ1) is 10.1. The third-order valence-corrected chi connectivity index (χ3v) is 2.96. The highest BCUT2D eigenvalue weighted by atomic mass is 32.2. The lowest BCUT2D eigenvalue weighted by Crippen LogP contribution is -1.91. The van der Waals surface area contributed by atoms with Crippen LogP contribution in [0, 0.1) is 0 Å². The van der Waals surface area contributed by atoms with E-state index in [1.807, 2.05) is 36.7 Å². The molecule has 76 valence electrons. The van der Waals surface area contributed by atoms with Gasteiger partial charge in [-0.1, -0.05) is 30.3 Å². The zero-order chi connectivity index (χ0) is 10.7. The van der Waals surface area contributed by atoms with Gasteiger partial charge in [0.15, 0.2) is 0 Å². The van der Waals surface area contributed by atoms with Crippen LogP contribution in [0.4, 0.5) is 5.82 Å². The monoisotopic (exact) mass is 216 g/mol. The Labute approximate surface area is 93.5 Å². The number of thioether (sulfide) groups is 1. The third-order valence-electron chi connectivity index (χ3n) is 2.19. The second-order valence-electron chi connectivity index (χ2n) is 3.18. The lowest BCUT2D eigenvalue weighted by atomic mass is 10.1. The van der Waals surface area contributed by atoms with Gasteiger partial charge >= 0.3 is 0 Å². The highest BCUT2D eigenvalue weighted by molar-refractivity contribution is 7.98. The van der Waals surface area contributed by atoms with Gasteiger partial charge in [0.25, 0.3) is 0 Å². The zero-order valence-electron chi connectivity index (χ0n) is 8.47. The number of hydrogen-bond donors (Lipinski definition) is 1. The first-order valence-electron chi connectivity index (χ1n) is 4.66. The average Bonchev–Trinajstić information content (AvgIpc) is 2.30. The van der Waals surface area contributed by atoms with E-state index >= 15 is 0 Å². The van der Waals surface area contributed by atoms with Crippen molar-refractivity contribution in [3.05, 3.63) is 42.6 Å². The first-order valence-corrected chi connectivity index (χ1v) is 5.88. The maximum Gasteiger partial charge on any atom is 0.123 e. The van der Waals surface area contributed by atoms with Gasteiger partial charge in [-0.15, -0.1) is 11.8 Å². The first-order chi connectivity index (χ1) is 7.31. The number of nitrogen functional groups attached to an aromatic ring is 1. The van der Waals surface area contributed by atoms with Crippen molar-refractivity contribution in [3.8, 4) is 11.1 Å². The summed E-state index contributed by atoms with van der Waals surface area (Å²) in [7, 11) is 0. The minimum atomic E-state index is 0.562. The number of aromatic nitrogens is 1. The SMILES string of the molecule is CSc1cnc(N)cc1-c1ccccc1. The summed E-state index contributed by atoms with van der Waals surface area (Å²) in [5.74, 6) is 0.562. The number of hydrogen-bond acceptors (Lipinski definition) is 3. The minimum absolute atomic E-state index is 0.562. The quantitative estimate of drug-likeness (QED) is 0.784. The van der Waals surface area contributed by atoms with Crippen molar-refractivity contribution < 1.29 is 0 Å². The molecule has 0 aliphatic rings. The predicted octanol–water partition coefficient (Wildman–Crippen LogP) is 3.05. The molecule has 1 aromatic carbocycles. The molecular formula is C12H12N2S. The smallest absolute Gasteiger partial charge is 0.123 e. The van der Waals surface area contributed by atoms with E-state index in [0.29, 0.717) is 5.82 Å². The molecule has 1 aromatic heterocycles. The van der Waals surface area contributed by atoms with Crippen LogP contribution in [0.15, 0.2) is 47.5 Å². The van der Waals surface area contributed by atoms with Crippen LogP contribution in [0.1, 0.15) is 0 Å². The number of pyridine rings is 1. The summed E-state index contributed by atoms with van der Waals surface area (Å²) in [5, 5.41) is 0. The molecule has 0 amide bonds. The van der Waals surface area contributed by atoms with E-state index in [-0.39, 0.29) is 0 Å². The van der Waals surface area contributed by atoms with Crippen molar-refractivity contribution in [2.45, 2.75) is 4.90 Å². The highest BCUT2D eigenvalue weighted by Crippen LogP contribution is 2.30. The number of anilines is 1. The van der Waals surface area contributed by atoms with Crippen LogP contribution in [-0.2, 0) is 0 Å². The van der Waals surface area contributed by atoms with Crippen molar-refractivity contribution in [1.82, 2.24) is 4.98 Å². The summed E-state index contributed by atoms with van der Waals surface area (Å²) in [6.07, 6.45) is 3.86. The van der Waals surface area contributed by atoms with Gasteiger partial charge in [-0.2, -0.15) is 0 Å². The van der Waals surface area contributed by atoms with E-state index in [2.05, 4.69) is 17.1 Å². The summed E-state index contributed by atoms with van der Waals surface area (Å²) in [4.78, 5) is 5.24. The molecule has 0 aliphatic carbocycles. The Morgan fingerprint density at radius 1 is 1.20 bits per heavy atom. The van der Waals surface area contributed by atoms with Crippen LogP contribution in [0.25, 0.3) is 11.1 Å². The Morgan fingerprint density at radius 3 is 2.60 bits per heavy atom. The Balaban J connectivity index is 2.56. The third kappa shape index (κ3) is 2.13. The Kier molecular flexibility index (Phi) is 2.92. The lowest BCUT2D eigenvalue weighted by Gasteiger charge is -2.07. The van der Waals surface area contributed by atoms with E-state index < -0.39 is 0 Å². The molecule has 15 heavy (non-hydrogen) atoms. The molecule has 2 rings (SSSR count). The van der Waals surface area contributed by atoms with Crippen molar-refractivity contribution in [3.63, 3.8) is 0 Å². The minimum Gasteiger partial charge on any atom is -0.384 e. The number of nitrogens with two attached hydrogens (primary N) is 1. The molecule has 0 radical (unpaired) electrons. The number of rotatable bonds is 2. The van der Waals surface area contributed by atoms with Crippen LogP contribution < -0.4 is 5.73 Å². The zero-order valence-corrected chi connectivity index (χ0v) is 9.29. The van der Waals surface area contributed by atoms with E-state index in [0.717, 1.165) is 10.5 Å². The van der Waals surface area contributed by atoms with Gasteiger partial charge in [0.05, 0.1) is 0 Å². The maximum absolute atomic E-state index is 5.70. The maximum atomic E-state index is 5.70. The molecule has 0 saturated carbocycles. The van der Waals surface area contributed by atoms with Crippen molar-refractivity contribution >= 4 is 17.6 Å². The van der Waals surface area contributed by atoms with E-state index in [4.69, 9.17) is 5.73 Å². The van der Waals surface area contributed by atoms with Gasteiger partial charge in [0, 0.05) is 16.7 Å². The van der Waals surface area contributed by atoms with Gasteiger partial charge in [0.1, 0.15) is 5.82 Å². The van der Waals surface area contributed by atoms with Gasteiger partial charge in [-0.3, -0.25) is 0 Å². The average molecular weight is 216 g/mol. The van der Waals surface area contributed by atoms with Gasteiger partial charge < -0.3 is 5.73 Å². The Bertz CT molecular complexity index is 454. The second-order valence-corrected chi connectivity index (χ2v) is 4.02. The molecule has 0 fully saturated rings. The summed E-state index contributed by atoms with van der Waals surface area (Å²) in [6.45, 7) is 0. The molecule has 2 aromatic rings. The standard InChI is InChI=1S/C12H12N2S/c1-15-11-8-14-12(13)7-10(11)9-5-3-2-4-6-9/h2-8H,1H3,(H2,13,14). The number of nitrogens with zero attached hydrogens (tertiary/aromatic N) is 1. The van der Waals surface area contributed by atoms with E-state index in [1.54, 1.807) is 11.8 Å². The van der Waals surface area contributed by atoms with Crippen LogP contribution >= 0.6 is 11.8 Å². The molecule has 0 saturated heterocycles. The van der Waals surface area contributed by atoms with Crippen molar-refractivity contribution in [1.29, 1.82) is 0 Å². The van der Waals surface area contributed by atoms with Crippen molar-refractivity contribution in [2.75, 3.05) is 12.0 Å². The van der Waals surface area contributed by atoms with Gasteiger partial charge in [0.2, 0.25) is 0 Å². The molecule has 0 spiro atoms. The fourth-order valence-corrected chi connectivity index (χ4v) is 2.02. The van der Waals surface area contributed by atoms with E-state index in [9.17, 15) is 0 Å². The molecule has 0 unspecified atom stereocenters. The second kappa shape index (κ2) is 4.36. The van der Waals surface area contributed by atoms with E-state index in [1.165, 1.54) is 5.56 Å². The fourth-order valence-electron chi connectivity index (χ4n) is 1.46. The lowest BCUT2D eigenvalue weighted by molar-refractivity contribution is 1.25. The van der Waals surface area contributed by atoms with Gasteiger partial charge in [-0.25, -0.2) is 4.98 Å².